The zero-order valence-electron chi connectivity index (χ0n) is 15.7. The lowest BCUT2D eigenvalue weighted by Crippen LogP contribution is -2.35. The van der Waals surface area contributed by atoms with E-state index >= 15 is 0 Å². The van der Waals surface area contributed by atoms with Gasteiger partial charge in [0.1, 0.15) is 5.82 Å². The van der Waals surface area contributed by atoms with Gasteiger partial charge in [0.25, 0.3) is 5.91 Å². The summed E-state index contributed by atoms with van der Waals surface area (Å²) in [5.41, 5.74) is 3.35. The highest BCUT2D eigenvalue weighted by Crippen LogP contribution is 2.33. The minimum absolute atomic E-state index is 0.0810. The van der Waals surface area contributed by atoms with E-state index in [1.165, 1.54) is 22.3 Å². The largest absolute Gasteiger partial charge is 0.332 e. The van der Waals surface area contributed by atoms with Crippen LogP contribution in [0, 0.1) is 26.6 Å². The minimum Gasteiger partial charge on any atom is -0.332 e. The van der Waals surface area contributed by atoms with Crippen molar-refractivity contribution in [2.75, 3.05) is 18.9 Å². The molecule has 4 nitrogen and oxygen atoms in total. The third-order valence-corrected chi connectivity index (χ3v) is 5.74. The van der Waals surface area contributed by atoms with Crippen molar-refractivity contribution in [2.45, 2.75) is 20.8 Å². The number of halogens is 1. The number of amides is 2. The normalized spacial score (nSPS) is 10.9. The summed E-state index contributed by atoms with van der Waals surface area (Å²) in [7, 11) is 1.57. The summed E-state index contributed by atoms with van der Waals surface area (Å²) in [6, 6.07) is 10.6. The average molecular weight is 384 g/mol. The Morgan fingerprint density at radius 3 is 2.59 bits per heavy atom. The van der Waals surface area contributed by atoms with Crippen molar-refractivity contribution in [2.24, 2.45) is 0 Å². The Labute approximate surface area is 161 Å². The second-order valence-electron chi connectivity index (χ2n) is 6.70. The molecule has 2 aromatic carbocycles. The van der Waals surface area contributed by atoms with Crippen molar-refractivity contribution in [1.82, 2.24) is 4.90 Å². The van der Waals surface area contributed by atoms with Crippen LogP contribution in [-0.2, 0) is 4.79 Å². The van der Waals surface area contributed by atoms with Gasteiger partial charge in [-0.2, -0.15) is 0 Å². The van der Waals surface area contributed by atoms with Gasteiger partial charge < -0.3 is 10.2 Å². The van der Waals surface area contributed by atoms with Gasteiger partial charge in [-0.15, -0.1) is 11.3 Å². The second-order valence-corrected chi connectivity index (χ2v) is 7.75. The first-order chi connectivity index (χ1) is 12.8. The first-order valence-electron chi connectivity index (χ1n) is 8.58. The fourth-order valence-corrected chi connectivity index (χ4v) is 4.20. The molecule has 3 rings (SSSR count). The number of hydrogen-bond donors (Lipinski definition) is 1. The highest BCUT2D eigenvalue weighted by Gasteiger charge is 2.22. The van der Waals surface area contributed by atoms with E-state index in [2.05, 4.69) is 5.32 Å². The van der Waals surface area contributed by atoms with Crippen molar-refractivity contribution >= 4 is 38.9 Å². The summed E-state index contributed by atoms with van der Waals surface area (Å²) in [5, 5.41) is 3.32. The summed E-state index contributed by atoms with van der Waals surface area (Å²) < 4.78 is 14.8. The van der Waals surface area contributed by atoms with Crippen molar-refractivity contribution in [3.8, 4) is 0 Å². The molecular weight excluding hydrogens is 363 g/mol. The maximum Gasteiger partial charge on any atom is 0.264 e. The molecule has 0 aliphatic rings. The molecule has 0 unspecified atom stereocenters. The maximum atomic E-state index is 14.1. The zero-order valence-corrected chi connectivity index (χ0v) is 16.5. The van der Waals surface area contributed by atoms with E-state index in [0.29, 0.717) is 15.8 Å². The van der Waals surface area contributed by atoms with Gasteiger partial charge in [0.05, 0.1) is 11.4 Å². The van der Waals surface area contributed by atoms with Crippen LogP contribution in [0.25, 0.3) is 10.1 Å². The van der Waals surface area contributed by atoms with E-state index in [1.54, 1.807) is 26.1 Å². The van der Waals surface area contributed by atoms with Gasteiger partial charge in [-0.3, -0.25) is 9.59 Å². The number of carbonyl (C=O) groups excluding carboxylic acids is 2. The number of benzene rings is 2. The SMILES string of the molecule is Cc1ccc(C)c(NC(=O)CN(C)C(=O)c2sc3cccc(F)c3c2C)c1. The van der Waals surface area contributed by atoms with E-state index in [0.717, 1.165) is 21.5 Å². The van der Waals surface area contributed by atoms with Gasteiger partial charge in [-0.1, -0.05) is 18.2 Å². The summed E-state index contributed by atoms with van der Waals surface area (Å²) >= 11 is 1.25. The van der Waals surface area contributed by atoms with Crippen LogP contribution in [0.4, 0.5) is 10.1 Å². The second kappa shape index (κ2) is 7.48. The number of thiophene rings is 1. The van der Waals surface area contributed by atoms with Crippen molar-refractivity contribution in [3.05, 3.63) is 63.8 Å². The molecule has 0 aliphatic carbocycles. The van der Waals surface area contributed by atoms with Crippen LogP contribution >= 0.6 is 11.3 Å². The Morgan fingerprint density at radius 2 is 1.89 bits per heavy atom. The number of nitrogens with one attached hydrogen (secondary N) is 1. The monoisotopic (exact) mass is 384 g/mol. The predicted octanol–water partition coefficient (Wildman–Crippen LogP) is 4.68. The van der Waals surface area contributed by atoms with E-state index < -0.39 is 0 Å². The topological polar surface area (TPSA) is 49.4 Å². The highest BCUT2D eigenvalue weighted by molar-refractivity contribution is 7.21. The molecule has 0 saturated heterocycles. The molecule has 6 heteroatoms. The number of fused-ring (bicyclic) bond motifs is 1. The van der Waals surface area contributed by atoms with Gasteiger partial charge >= 0.3 is 0 Å². The third-order valence-electron chi connectivity index (χ3n) is 4.49. The molecule has 1 aromatic heterocycles. The Bertz CT molecular complexity index is 1040. The van der Waals surface area contributed by atoms with Crippen molar-refractivity contribution < 1.29 is 14.0 Å². The fraction of sp³-hybridized carbons (Fsp3) is 0.238. The molecule has 140 valence electrons. The Balaban J connectivity index is 1.76. The molecule has 0 atom stereocenters. The van der Waals surface area contributed by atoms with Gasteiger partial charge in [0, 0.05) is 22.8 Å². The lowest BCUT2D eigenvalue weighted by atomic mass is 10.1. The number of aryl methyl sites for hydroxylation is 3. The fourth-order valence-electron chi connectivity index (χ4n) is 2.98. The number of anilines is 1. The molecule has 0 bridgehead atoms. The smallest absolute Gasteiger partial charge is 0.264 e. The number of nitrogens with zero attached hydrogens (tertiary/aromatic N) is 1. The number of carbonyl (C=O) groups is 2. The van der Waals surface area contributed by atoms with Gasteiger partial charge in [-0.25, -0.2) is 4.39 Å². The molecule has 0 spiro atoms. The quantitative estimate of drug-likeness (QED) is 0.710. The molecule has 0 aliphatic heterocycles. The van der Waals surface area contributed by atoms with E-state index in [1.807, 2.05) is 32.0 Å². The van der Waals surface area contributed by atoms with Crippen LogP contribution in [0.3, 0.4) is 0 Å². The molecular formula is C21H21FN2O2S. The minimum atomic E-state index is -0.337. The standard InChI is InChI=1S/C21H21FN2O2S/c1-12-8-9-13(2)16(10-12)23-18(25)11-24(4)21(26)20-14(3)19-15(22)6-5-7-17(19)27-20/h5-10H,11H2,1-4H3,(H,23,25). The molecule has 2 amide bonds. The van der Waals surface area contributed by atoms with Gasteiger partial charge in [-0.05, 0) is 55.7 Å². The summed E-state index contributed by atoms with van der Waals surface area (Å²) in [6.45, 7) is 5.52. The summed E-state index contributed by atoms with van der Waals surface area (Å²) in [4.78, 5) is 27.0. The van der Waals surface area contributed by atoms with E-state index in [9.17, 15) is 14.0 Å². The number of likely N-dealkylation sites (N-methyl/N-ethyl adjacent to an activating group) is 1. The van der Waals surface area contributed by atoms with Gasteiger partial charge in [0.2, 0.25) is 5.91 Å². The van der Waals surface area contributed by atoms with Crippen LogP contribution in [0.1, 0.15) is 26.4 Å². The van der Waals surface area contributed by atoms with Crippen LogP contribution in [0.2, 0.25) is 0 Å². The number of rotatable bonds is 4. The molecule has 0 fully saturated rings. The Morgan fingerprint density at radius 1 is 1.15 bits per heavy atom. The molecule has 1 heterocycles. The molecule has 0 radical (unpaired) electrons. The van der Waals surface area contributed by atoms with Crippen LogP contribution in [0.15, 0.2) is 36.4 Å². The molecule has 3 aromatic rings. The van der Waals surface area contributed by atoms with E-state index in [-0.39, 0.29) is 24.2 Å². The van der Waals surface area contributed by atoms with Crippen molar-refractivity contribution in [3.63, 3.8) is 0 Å². The van der Waals surface area contributed by atoms with Crippen LogP contribution in [0.5, 0.6) is 0 Å². The third kappa shape index (κ3) is 3.85. The molecule has 1 N–H and O–H groups in total. The number of hydrogen-bond acceptors (Lipinski definition) is 3. The molecule has 27 heavy (non-hydrogen) atoms. The zero-order chi connectivity index (χ0) is 19.7. The average Bonchev–Trinajstić information content (AvgIpc) is 2.95. The Hall–Kier alpha value is -2.73. The maximum absolute atomic E-state index is 14.1. The van der Waals surface area contributed by atoms with E-state index in [4.69, 9.17) is 0 Å². The summed E-state index contributed by atoms with van der Waals surface area (Å²) in [6.07, 6.45) is 0. The lowest BCUT2D eigenvalue weighted by Gasteiger charge is -2.17. The lowest BCUT2D eigenvalue weighted by molar-refractivity contribution is -0.116. The first-order valence-corrected chi connectivity index (χ1v) is 9.39. The van der Waals surface area contributed by atoms with Crippen molar-refractivity contribution in [1.29, 1.82) is 0 Å². The Kier molecular flexibility index (Phi) is 5.28. The van der Waals surface area contributed by atoms with Crippen LogP contribution in [-0.4, -0.2) is 30.3 Å². The summed E-state index contributed by atoms with van der Waals surface area (Å²) in [5.74, 6) is -0.899. The predicted molar refractivity (Wildman–Crippen MR) is 108 cm³/mol. The van der Waals surface area contributed by atoms with Crippen LogP contribution < -0.4 is 5.32 Å². The first kappa shape index (κ1) is 19.0. The van der Waals surface area contributed by atoms with Gasteiger partial charge in [0.15, 0.2) is 0 Å². The highest BCUT2D eigenvalue weighted by atomic mass is 32.1. The molecule has 0 saturated carbocycles.